The molecule has 1 aromatic carbocycles. The van der Waals surface area contributed by atoms with Crippen molar-refractivity contribution in [2.24, 2.45) is 5.92 Å². The number of ether oxygens (including phenoxy) is 1. The maximum Gasteiger partial charge on any atom is 0.337 e. The second-order valence-electron chi connectivity index (χ2n) is 4.81. The van der Waals surface area contributed by atoms with Gasteiger partial charge in [-0.05, 0) is 17.7 Å². The Morgan fingerprint density at radius 2 is 2.05 bits per heavy atom. The summed E-state index contributed by atoms with van der Waals surface area (Å²) in [5.74, 6) is -0.512. The molecule has 0 aromatic heterocycles. The minimum atomic E-state index is -0.533. The summed E-state index contributed by atoms with van der Waals surface area (Å²) in [5.41, 5.74) is 1.41. The SMILES string of the molecule is COC(=O)c1ccc([C@H]2[C@H](CO)CNC[C@@H]2O)cc1. The normalized spacial score (nSPS) is 27.0. The summed E-state index contributed by atoms with van der Waals surface area (Å²) in [5, 5.41) is 22.6. The van der Waals surface area contributed by atoms with Gasteiger partial charge in [-0.3, -0.25) is 0 Å². The number of aliphatic hydroxyl groups excluding tert-OH is 2. The minimum absolute atomic E-state index is 0.0206. The van der Waals surface area contributed by atoms with E-state index in [2.05, 4.69) is 10.1 Å². The zero-order chi connectivity index (χ0) is 13.8. The van der Waals surface area contributed by atoms with Gasteiger partial charge in [-0.15, -0.1) is 0 Å². The molecule has 0 spiro atoms. The zero-order valence-corrected chi connectivity index (χ0v) is 10.9. The summed E-state index contributed by atoms with van der Waals surface area (Å²) >= 11 is 0. The highest BCUT2D eigenvalue weighted by atomic mass is 16.5. The number of benzene rings is 1. The fourth-order valence-electron chi connectivity index (χ4n) is 2.62. The summed E-state index contributed by atoms with van der Waals surface area (Å²) in [7, 11) is 1.34. The number of methoxy groups -OCH3 is 1. The molecular weight excluding hydrogens is 246 g/mol. The smallest absolute Gasteiger partial charge is 0.337 e. The monoisotopic (exact) mass is 265 g/mol. The van der Waals surface area contributed by atoms with E-state index in [4.69, 9.17) is 0 Å². The van der Waals surface area contributed by atoms with Crippen molar-refractivity contribution >= 4 is 5.97 Å². The molecule has 2 rings (SSSR count). The van der Waals surface area contributed by atoms with Crippen molar-refractivity contribution in [1.29, 1.82) is 0 Å². The first-order valence-electron chi connectivity index (χ1n) is 6.35. The van der Waals surface area contributed by atoms with Gasteiger partial charge in [0.15, 0.2) is 0 Å². The third-order valence-corrected chi connectivity index (χ3v) is 3.63. The lowest BCUT2D eigenvalue weighted by Gasteiger charge is -2.35. The molecular formula is C14H19NO4. The van der Waals surface area contributed by atoms with Gasteiger partial charge in [-0.1, -0.05) is 12.1 Å². The number of β-amino-alcohol motifs (C(OH)–C–C–N with tert-alkyl or cyclic N) is 1. The molecule has 1 heterocycles. The number of hydrogen-bond donors (Lipinski definition) is 3. The topological polar surface area (TPSA) is 78.8 Å². The van der Waals surface area contributed by atoms with Crippen molar-refractivity contribution in [1.82, 2.24) is 5.32 Å². The molecule has 0 bridgehead atoms. The third-order valence-electron chi connectivity index (χ3n) is 3.63. The highest BCUT2D eigenvalue weighted by molar-refractivity contribution is 5.89. The summed E-state index contributed by atoms with van der Waals surface area (Å²) < 4.78 is 4.65. The lowest BCUT2D eigenvalue weighted by molar-refractivity contribution is 0.0598. The van der Waals surface area contributed by atoms with E-state index in [-0.39, 0.29) is 24.4 Å². The average Bonchev–Trinajstić information content (AvgIpc) is 2.46. The molecule has 104 valence electrons. The lowest BCUT2D eigenvalue weighted by atomic mass is 9.79. The van der Waals surface area contributed by atoms with E-state index in [0.29, 0.717) is 18.7 Å². The molecule has 3 N–H and O–H groups in total. The maximum atomic E-state index is 11.4. The largest absolute Gasteiger partial charge is 0.465 e. The number of hydrogen-bond acceptors (Lipinski definition) is 5. The first kappa shape index (κ1) is 14.0. The van der Waals surface area contributed by atoms with E-state index in [1.807, 2.05) is 12.1 Å². The van der Waals surface area contributed by atoms with Crippen LogP contribution in [-0.2, 0) is 4.74 Å². The highest BCUT2D eigenvalue weighted by Gasteiger charge is 2.32. The number of carbonyl (C=O) groups is 1. The Morgan fingerprint density at radius 1 is 1.37 bits per heavy atom. The molecule has 0 radical (unpaired) electrons. The average molecular weight is 265 g/mol. The molecule has 1 aliphatic heterocycles. The number of rotatable bonds is 3. The minimum Gasteiger partial charge on any atom is -0.465 e. The van der Waals surface area contributed by atoms with E-state index in [9.17, 15) is 15.0 Å². The summed E-state index contributed by atoms with van der Waals surface area (Å²) in [4.78, 5) is 11.4. The number of carbonyl (C=O) groups excluding carboxylic acids is 1. The van der Waals surface area contributed by atoms with Gasteiger partial charge in [0.05, 0.1) is 18.8 Å². The van der Waals surface area contributed by atoms with Crippen molar-refractivity contribution in [3.63, 3.8) is 0 Å². The molecule has 1 fully saturated rings. The van der Waals surface area contributed by atoms with Crippen LogP contribution in [0.15, 0.2) is 24.3 Å². The fraction of sp³-hybridized carbons (Fsp3) is 0.500. The van der Waals surface area contributed by atoms with E-state index in [0.717, 1.165) is 5.56 Å². The van der Waals surface area contributed by atoms with Crippen LogP contribution in [0.25, 0.3) is 0 Å². The van der Waals surface area contributed by atoms with Crippen LogP contribution in [0.2, 0.25) is 0 Å². The van der Waals surface area contributed by atoms with Crippen molar-refractivity contribution < 1.29 is 19.7 Å². The van der Waals surface area contributed by atoms with Crippen molar-refractivity contribution in [3.8, 4) is 0 Å². The van der Waals surface area contributed by atoms with Crippen molar-refractivity contribution in [3.05, 3.63) is 35.4 Å². The van der Waals surface area contributed by atoms with Crippen LogP contribution in [-0.4, -0.2) is 49.1 Å². The fourth-order valence-corrected chi connectivity index (χ4v) is 2.62. The Labute approximate surface area is 112 Å². The Kier molecular flexibility index (Phi) is 4.52. The molecule has 0 unspecified atom stereocenters. The van der Waals surface area contributed by atoms with E-state index in [1.54, 1.807) is 12.1 Å². The van der Waals surface area contributed by atoms with Crippen LogP contribution in [0.1, 0.15) is 21.8 Å². The molecule has 3 atom stereocenters. The Hall–Kier alpha value is -1.43. The highest BCUT2D eigenvalue weighted by Crippen LogP contribution is 2.30. The van der Waals surface area contributed by atoms with Gasteiger partial charge in [0, 0.05) is 31.5 Å². The van der Waals surface area contributed by atoms with Crippen molar-refractivity contribution in [2.75, 3.05) is 26.8 Å². The lowest BCUT2D eigenvalue weighted by Crippen LogP contribution is -2.46. The van der Waals surface area contributed by atoms with Crippen LogP contribution in [0.3, 0.4) is 0 Å². The Bertz CT molecular complexity index is 432. The predicted molar refractivity (Wildman–Crippen MR) is 70.0 cm³/mol. The van der Waals surface area contributed by atoms with Crippen LogP contribution in [0.4, 0.5) is 0 Å². The van der Waals surface area contributed by atoms with Gasteiger partial charge in [0.25, 0.3) is 0 Å². The molecule has 0 aliphatic carbocycles. The van der Waals surface area contributed by atoms with Crippen molar-refractivity contribution in [2.45, 2.75) is 12.0 Å². The number of aliphatic hydroxyl groups is 2. The molecule has 5 heteroatoms. The molecule has 0 saturated carbocycles. The van der Waals surface area contributed by atoms with E-state index < -0.39 is 6.10 Å². The van der Waals surface area contributed by atoms with Crippen LogP contribution in [0, 0.1) is 5.92 Å². The maximum absolute atomic E-state index is 11.4. The first-order valence-corrected chi connectivity index (χ1v) is 6.35. The standard InChI is InChI=1S/C14H19NO4/c1-19-14(18)10-4-2-9(3-5-10)13-11(8-16)6-15-7-12(13)17/h2-5,11-13,15-17H,6-8H2,1H3/t11-,12-,13-/m0/s1. The van der Waals surface area contributed by atoms with Crippen LogP contribution < -0.4 is 5.32 Å². The number of esters is 1. The molecule has 5 nitrogen and oxygen atoms in total. The molecule has 1 saturated heterocycles. The zero-order valence-electron chi connectivity index (χ0n) is 10.9. The second-order valence-corrected chi connectivity index (χ2v) is 4.81. The van der Waals surface area contributed by atoms with Gasteiger partial charge in [0.2, 0.25) is 0 Å². The summed E-state index contributed by atoms with van der Waals surface area (Å²) in [6.45, 7) is 1.21. The van der Waals surface area contributed by atoms with E-state index in [1.165, 1.54) is 7.11 Å². The first-order chi connectivity index (χ1) is 9.17. The number of nitrogens with one attached hydrogen (secondary N) is 1. The molecule has 0 amide bonds. The quantitative estimate of drug-likeness (QED) is 0.677. The van der Waals surface area contributed by atoms with Crippen LogP contribution >= 0.6 is 0 Å². The summed E-state index contributed by atoms with van der Waals surface area (Å²) in [6, 6.07) is 7.00. The van der Waals surface area contributed by atoms with Crippen LogP contribution in [0.5, 0.6) is 0 Å². The van der Waals surface area contributed by atoms with Gasteiger partial charge < -0.3 is 20.3 Å². The third kappa shape index (κ3) is 2.94. The molecule has 1 aliphatic rings. The number of piperidine rings is 1. The Balaban J connectivity index is 2.22. The second kappa shape index (κ2) is 6.14. The summed E-state index contributed by atoms with van der Waals surface area (Å²) in [6.07, 6.45) is -0.533. The van der Waals surface area contributed by atoms with E-state index >= 15 is 0 Å². The van der Waals surface area contributed by atoms with Gasteiger partial charge >= 0.3 is 5.97 Å². The molecule has 1 aromatic rings. The van der Waals surface area contributed by atoms with Gasteiger partial charge in [-0.25, -0.2) is 4.79 Å². The predicted octanol–water partition coefficient (Wildman–Crippen LogP) is 0.129. The van der Waals surface area contributed by atoms with Gasteiger partial charge in [0.1, 0.15) is 0 Å². The Morgan fingerprint density at radius 3 is 2.63 bits per heavy atom. The van der Waals surface area contributed by atoms with Gasteiger partial charge in [-0.2, -0.15) is 0 Å². The molecule has 19 heavy (non-hydrogen) atoms.